The van der Waals surface area contributed by atoms with Gasteiger partial charge >= 0.3 is 6.03 Å². The van der Waals surface area contributed by atoms with Gasteiger partial charge in [-0.1, -0.05) is 60.5 Å². The number of rotatable bonds is 10. The van der Waals surface area contributed by atoms with E-state index in [1.807, 2.05) is 37.3 Å². The van der Waals surface area contributed by atoms with Gasteiger partial charge in [0.05, 0.1) is 17.3 Å². The average molecular weight is 479 g/mol. The van der Waals surface area contributed by atoms with Crippen LogP contribution in [-0.4, -0.2) is 54.3 Å². The van der Waals surface area contributed by atoms with Crippen LogP contribution in [0.5, 0.6) is 0 Å². The summed E-state index contributed by atoms with van der Waals surface area (Å²) >= 11 is 12.0. The van der Waals surface area contributed by atoms with Crippen molar-refractivity contribution in [2.75, 3.05) is 32.0 Å². The lowest BCUT2D eigenvalue weighted by Gasteiger charge is -2.22. The van der Waals surface area contributed by atoms with Gasteiger partial charge in [0, 0.05) is 38.1 Å². The Morgan fingerprint density at radius 3 is 2.41 bits per heavy atom. The Bertz CT molecular complexity index is 925. The van der Waals surface area contributed by atoms with Crippen LogP contribution in [0.2, 0.25) is 10.0 Å². The van der Waals surface area contributed by atoms with E-state index < -0.39 is 0 Å². The molecule has 2 rings (SSSR count). The van der Waals surface area contributed by atoms with Gasteiger partial charge in [0.15, 0.2) is 0 Å². The molecule has 0 spiro atoms. The molecule has 0 heterocycles. The van der Waals surface area contributed by atoms with Crippen LogP contribution in [0, 0.1) is 0 Å². The van der Waals surface area contributed by atoms with E-state index >= 15 is 0 Å². The van der Waals surface area contributed by atoms with Gasteiger partial charge < -0.3 is 20.4 Å². The Labute approximate surface area is 198 Å². The minimum atomic E-state index is -0.359. The number of hydrogen-bond acceptors (Lipinski definition) is 3. The zero-order valence-electron chi connectivity index (χ0n) is 18.2. The van der Waals surface area contributed by atoms with Gasteiger partial charge in [-0.15, -0.1) is 0 Å². The molecule has 0 unspecified atom stereocenters. The molecule has 0 fully saturated rings. The topological polar surface area (TPSA) is 81.8 Å². The van der Waals surface area contributed by atoms with Gasteiger partial charge in [-0.3, -0.25) is 9.59 Å². The third-order valence-corrected chi connectivity index (χ3v) is 5.16. The van der Waals surface area contributed by atoms with Crippen molar-refractivity contribution in [2.45, 2.75) is 26.3 Å². The van der Waals surface area contributed by atoms with Crippen molar-refractivity contribution >= 4 is 46.7 Å². The monoisotopic (exact) mass is 478 g/mol. The number of benzene rings is 2. The van der Waals surface area contributed by atoms with E-state index in [9.17, 15) is 14.4 Å². The maximum atomic E-state index is 12.6. The number of urea groups is 1. The largest absolute Gasteiger partial charge is 0.337 e. The summed E-state index contributed by atoms with van der Waals surface area (Å²) in [4.78, 5) is 40.3. The molecular formula is C23H28Cl2N4O3. The Hall–Kier alpha value is -2.77. The van der Waals surface area contributed by atoms with E-state index in [-0.39, 0.29) is 37.4 Å². The summed E-state index contributed by atoms with van der Waals surface area (Å²) in [5, 5.41) is 6.23. The lowest BCUT2D eigenvalue weighted by molar-refractivity contribution is -0.134. The van der Waals surface area contributed by atoms with Crippen molar-refractivity contribution in [2.24, 2.45) is 0 Å². The van der Waals surface area contributed by atoms with Crippen LogP contribution in [0.1, 0.15) is 25.3 Å². The standard InChI is InChI=1S/C23H28Cl2N4O3/c1-3-13-29(16-21(30)27-20-10-9-18(24)14-19(20)25)22(31)11-12-26-23(32)28(2)15-17-7-5-4-6-8-17/h4-10,14H,3,11-13,15-16H2,1-2H3,(H,26,32)(H,27,30). The maximum Gasteiger partial charge on any atom is 0.317 e. The quantitative estimate of drug-likeness (QED) is 0.530. The van der Waals surface area contributed by atoms with E-state index in [0.29, 0.717) is 35.2 Å². The fourth-order valence-electron chi connectivity index (χ4n) is 3.01. The average Bonchev–Trinajstić information content (AvgIpc) is 2.76. The summed E-state index contributed by atoms with van der Waals surface area (Å²) in [7, 11) is 1.69. The fraction of sp³-hybridized carbons (Fsp3) is 0.348. The number of amides is 4. The van der Waals surface area contributed by atoms with Gasteiger partial charge in [-0.2, -0.15) is 0 Å². The highest BCUT2D eigenvalue weighted by atomic mass is 35.5. The molecule has 2 N–H and O–H groups in total. The Morgan fingerprint density at radius 2 is 1.75 bits per heavy atom. The molecule has 32 heavy (non-hydrogen) atoms. The van der Waals surface area contributed by atoms with Crippen LogP contribution >= 0.6 is 23.2 Å². The number of hydrogen-bond donors (Lipinski definition) is 2. The fourth-order valence-corrected chi connectivity index (χ4v) is 3.47. The molecule has 0 aromatic heterocycles. The van der Waals surface area contributed by atoms with Gasteiger partial charge in [-0.05, 0) is 30.2 Å². The van der Waals surface area contributed by atoms with Crippen molar-refractivity contribution in [1.29, 1.82) is 0 Å². The molecule has 0 aliphatic rings. The highest BCUT2D eigenvalue weighted by molar-refractivity contribution is 6.36. The van der Waals surface area contributed by atoms with Gasteiger partial charge in [0.1, 0.15) is 0 Å². The SMILES string of the molecule is CCCN(CC(=O)Nc1ccc(Cl)cc1Cl)C(=O)CCNC(=O)N(C)Cc1ccccc1. The van der Waals surface area contributed by atoms with Gasteiger partial charge in [-0.25, -0.2) is 4.79 Å². The van der Waals surface area contributed by atoms with Crippen LogP contribution in [0.15, 0.2) is 48.5 Å². The van der Waals surface area contributed by atoms with Crippen LogP contribution in [0.3, 0.4) is 0 Å². The number of nitrogens with one attached hydrogen (secondary N) is 2. The smallest absolute Gasteiger partial charge is 0.317 e. The molecule has 7 nitrogen and oxygen atoms in total. The molecule has 172 valence electrons. The first-order valence-electron chi connectivity index (χ1n) is 10.4. The van der Waals surface area contributed by atoms with E-state index in [1.54, 1.807) is 24.1 Å². The predicted octanol–water partition coefficient (Wildman–Crippen LogP) is 4.40. The van der Waals surface area contributed by atoms with E-state index in [1.165, 1.54) is 11.0 Å². The number of halogens is 2. The molecule has 0 radical (unpaired) electrons. The van der Waals surface area contributed by atoms with E-state index in [4.69, 9.17) is 23.2 Å². The molecule has 0 bridgehead atoms. The molecule has 2 aromatic rings. The number of nitrogens with zero attached hydrogens (tertiary/aromatic N) is 2. The zero-order chi connectivity index (χ0) is 23.5. The summed E-state index contributed by atoms with van der Waals surface area (Å²) in [6, 6.07) is 14.1. The van der Waals surface area contributed by atoms with Crippen molar-refractivity contribution in [3.05, 3.63) is 64.1 Å². The number of carbonyl (C=O) groups is 3. The normalized spacial score (nSPS) is 10.4. The summed E-state index contributed by atoms with van der Waals surface area (Å²) in [5.41, 5.74) is 1.45. The third-order valence-electron chi connectivity index (χ3n) is 4.61. The lowest BCUT2D eigenvalue weighted by atomic mass is 10.2. The Morgan fingerprint density at radius 1 is 1.03 bits per heavy atom. The first-order chi connectivity index (χ1) is 15.3. The number of anilines is 1. The second kappa shape index (κ2) is 12.9. The molecular weight excluding hydrogens is 451 g/mol. The number of carbonyl (C=O) groups excluding carboxylic acids is 3. The van der Waals surface area contributed by atoms with Gasteiger partial charge in [0.25, 0.3) is 0 Å². The molecule has 0 saturated carbocycles. The predicted molar refractivity (Wildman–Crippen MR) is 128 cm³/mol. The summed E-state index contributed by atoms with van der Waals surface area (Å²) in [6.45, 7) is 2.90. The summed E-state index contributed by atoms with van der Waals surface area (Å²) in [5.74, 6) is -0.571. The van der Waals surface area contributed by atoms with Crippen molar-refractivity contribution in [3.63, 3.8) is 0 Å². The third kappa shape index (κ3) is 8.40. The summed E-state index contributed by atoms with van der Waals surface area (Å²) < 4.78 is 0. The molecule has 0 saturated heterocycles. The highest BCUT2D eigenvalue weighted by Gasteiger charge is 2.18. The molecule has 0 atom stereocenters. The first kappa shape index (κ1) is 25.5. The lowest BCUT2D eigenvalue weighted by Crippen LogP contribution is -2.42. The summed E-state index contributed by atoms with van der Waals surface area (Å²) in [6.07, 6.45) is 0.798. The van der Waals surface area contributed by atoms with Crippen molar-refractivity contribution in [3.8, 4) is 0 Å². The first-order valence-corrected chi connectivity index (χ1v) is 11.1. The molecule has 0 aliphatic carbocycles. The second-order valence-corrected chi connectivity index (χ2v) is 8.15. The Kier molecular flexibility index (Phi) is 10.3. The Balaban J connectivity index is 1.81. The van der Waals surface area contributed by atoms with Crippen LogP contribution < -0.4 is 10.6 Å². The molecule has 4 amide bonds. The minimum absolute atomic E-state index is 0.0971. The molecule has 9 heteroatoms. The van der Waals surface area contributed by atoms with Crippen LogP contribution in [0.25, 0.3) is 0 Å². The van der Waals surface area contributed by atoms with E-state index in [2.05, 4.69) is 10.6 Å². The molecule has 2 aromatic carbocycles. The van der Waals surface area contributed by atoms with Crippen molar-refractivity contribution in [1.82, 2.24) is 15.1 Å². The zero-order valence-corrected chi connectivity index (χ0v) is 19.7. The maximum absolute atomic E-state index is 12.6. The van der Waals surface area contributed by atoms with Crippen LogP contribution in [0.4, 0.5) is 10.5 Å². The van der Waals surface area contributed by atoms with Gasteiger partial charge in [0.2, 0.25) is 11.8 Å². The molecule has 0 aliphatic heterocycles. The van der Waals surface area contributed by atoms with Crippen LogP contribution in [-0.2, 0) is 16.1 Å². The minimum Gasteiger partial charge on any atom is -0.337 e. The second-order valence-electron chi connectivity index (χ2n) is 7.31. The van der Waals surface area contributed by atoms with Crippen molar-refractivity contribution < 1.29 is 14.4 Å². The van der Waals surface area contributed by atoms with E-state index in [0.717, 1.165) is 5.56 Å². The highest BCUT2D eigenvalue weighted by Crippen LogP contribution is 2.25.